The third-order valence-electron chi connectivity index (χ3n) is 4.50. The standard InChI is InChI=1S/C18H21NO2/c1-2-13-12-19(10-9-17(13)20)18(21)16-8-7-14-5-3-4-6-15(14)11-16/h3-8,11,13,17,20H,2,9-10,12H2,1H3. The van der Waals surface area contributed by atoms with E-state index in [-0.39, 0.29) is 17.9 Å². The van der Waals surface area contributed by atoms with Gasteiger partial charge >= 0.3 is 0 Å². The number of likely N-dealkylation sites (tertiary alicyclic amines) is 1. The van der Waals surface area contributed by atoms with Crippen molar-refractivity contribution in [3.05, 3.63) is 48.0 Å². The van der Waals surface area contributed by atoms with Gasteiger partial charge in [0.1, 0.15) is 0 Å². The molecule has 0 saturated carbocycles. The van der Waals surface area contributed by atoms with Crippen LogP contribution in [-0.4, -0.2) is 35.1 Å². The molecule has 1 fully saturated rings. The fraction of sp³-hybridized carbons (Fsp3) is 0.389. The SMILES string of the molecule is CCC1CN(C(=O)c2ccc3ccccc3c2)CCC1O. The highest BCUT2D eigenvalue weighted by Crippen LogP contribution is 2.23. The molecule has 21 heavy (non-hydrogen) atoms. The van der Waals surface area contributed by atoms with Crippen molar-refractivity contribution in [2.45, 2.75) is 25.9 Å². The second kappa shape index (κ2) is 5.86. The van der Waals surface area contributed by atoms with E-state index in [1.54, 1.807) is 0 Å². The molecule has 0 bridgehead atoms. The van der Waals surface area contributed by atoms with Crippen LogP contribution < -0.4 is 0 Å². The molecule has 1 amide bonds. The van der Waals surface area contributed by atoms with Gasteiger partial charge in [-0.3, -0.25) is 4.79 Å². The lowest BCUT2D eigenvalue weighted by molar-refractivity contribution is 0.0229. The van der Waals surface area contributed by atoms with Gasteiger partial charge in [0.25, 0.3) is 5.91 Å². The second-order valence-electron chi connectivity index (χ2n) is 5.84. The Morgan fingerprint density at radius 3 is 2.76 bits per heavy atom. The number of fused-ring (bicyclic) bond motifs is 1. The average Bonchev–Trinajstić information content (AvgIpc) is 2.54. The first kappa shape index (κ1) is 14.1. The number of piperidine rings is 1. The number of aliphatic hydroxyl groups excluding tert-OH is 1. The highest BCUT2D eigenvalue weighted by molar-refractivity contribution is 5.98. The van der Waals surface area contributed by atoms with Crippen molar-refractivity contribution in [2.24, 2.45) is 5.92 Å². The summed E-state index contributed by atoms with van der Waals surface area (Å²) in [6.07, 6.45) is 1.32. The number of nitrogens with zero attached hydrogens (tertiary/aromatic N) is 1. The van der Waals surface area contributed by atoms with Crippen molar-refractivity contribution in [1.29, 1.82) is 0 Å². The predicted octanol–water partition coefficient (Wildman–Crippen LogP) is 3.07. The van der Waals surface area contributed by atoms with Crippen LogP contribution >= 0.6 is 0 Å². The number of amides is 1. The van der Waals surface area contributed by atoms with Crippen LogP contribution in [0.1, 0.15) is 30.1 Å². The summed E-state index contributed by atoms with van der Waals surface area (Å²) < 4.78 is 0. The van der Waals surface area contributed by atoms with Crippen molar-refractivity contribution >= 4 is 16.7 Å². The summed E-state index contributed by atoms with van der Waals surface area (Å²) in [7, 11) is 0. The van der Waals surface area contributed by atoms with E-state index in [0.717, 1.165) is 22.8 Å². The molecule has 3 nitrogen and oxygen atoms in total. The van der Waals surface area contributed by atoms with Crippen molar-refractivity contribution < 1.29 is 9.90 Å². The van der Waals surface area contributed by atoms with Gasteiger partial charge in [0.05, 0.1) is 6.10 Å². The predicted molar refractivity (Wildman–Crippen MR) is 84.3 cm³/mol. The number of rotatable bonds is 2. The van der Waals surface area contributed by atoms with Gasteiger partial charge in [-0.2, -0.15) is 0 Å². The molecule has 0 spiro atoms. The molecule has 3 heteroatoms. The van der Waals surface area contributed by atoms with E-state index < -0.39 is 0 Å². The van der Waals surface area contributed by atoms with Crippen LogP contribution in [0.4, 0.5) is 0 Å². The van der Waals surface area contributed by atoms with Crippen LogP contribution in [0.25, 0.3) is 10.8 Å². The molecule has 2 atom stereocenters. The summed E-state index contributed by atoms with van der Waals surface area (Å²) in [5.74, 6) is 0.272. The van der Waals surface area contributed by atoms with E-state index in [4.69, 9.17) is 0 Å². The van der Waals surface area contributed by atoms with Crippen LogP contribution in [0.5, 0.6) is 0 Å². The highest BCUT2D eigenvalue weighted by atomic mass is 16.3. The van der Waals surface area contributed by atoms with Gasteiger partial charge in [0, 0.05) is 24.6 Å². The van der Waals surface area contributed by atoms with E-state index in [0.29, 0.717) is 19.5 Å². The maximum absolute atomic E-state index is 12.7. The van der Waals surface area contributed by atoms with E-state index in [9.17, 15) is 9.90 Å². The summed E-state index contributed by atoms with van der Waals surface area (Å²) in [4.78, 5) is 14.5. The zero-order chi connectivity index (χ0) is 14.8. The van der Waals surface area contributed by atoms with Gasteiger partial charge in [-0.05, 0) is 35.7 Å². The Labute approximate surface area is 125 Å². The molecule has 3 rings (SSSR count). The molecule has 2 aromatic rings. The zero-order valence-electron chi connectivity index (χ0n) is 12.3. The Kier molecular flexibility index (Phi) is 3.93. The molecule has 1 aliphatic heterocycles. The van der Waals surface area contributed by atoms with Gasteiger partial charge in [0.2, 0.25) is 0 Å². The summed E-state index contributed by atoms with van der Waals surface area (Å²) in [5, 5.41) is 12.2. The van der Waals surface area contributed by atoms with Crippen LogP contribution in [0.15, 0.2) is 42.5 Å². The van der Waals surface area contributed by atoms with Gasteiger partial charge < -0.3 is 10.0 Å². The van der Waals surface area contributed by atoms with E-state index in [1.807, 2.05) is 47.4 Å². The average molecular weight is 283 g/mol. The number of hydrogen-bond acceptors (Lipinski definition) is 2. The second-order valence-corrected chi connectivity index (χ2v) is 5.84. The van der Waals surface area contributed by atoms with Gasteiger partial charge in [-0.25, -0.2) is 0 Å². The molecular weight excluding hydrogens is 262 g/mol. The summed E-state index contributed by atoms with van der Waals surface area (Å²) in [6, 6.07) is 13.9. The Balaban J connectivity index is 1.83. The number of carbonyl (C=O) groups excluding carboxylic acids is 1. The maximum atomic E-state index is 12.7. The maximum Gasteiger partial charge on any atom is 0.253 e. The summed E-state index contributed by atoms with van der Waals surface area (Å²) in [6.45, 7) is 3.37. The quantitative estimate of drug-likeness (QED) is 0.920. The fourth-order valence-corrected chi connectivity index (χ4v) is 3.11. The lowest BCUT2D eigenvalue weighted by Gasteiger charge is -2.35. The monoisotopic (exact) mass is 283 g/mol. The molecule has 1 N–H and O–H groups in total. The van der Waals surface area contributed by atoms with Gasteiger partial charge in [0.15, 0.2) is 0 Å². The topological polar surface area (TPSA) is 40.5 Å². The lowest BCUT2D eigenvalue weighted by atomic mass is 9.92. The van der Waals surface area contributed by atoms with Crippen molar-refractivity contribution in [2.75, 3.05) is 13.1 Å². The Bertz CT molecular complexity index is 652. The first-order valence-electron chi connectivity index (χ1n) is 7.65. The third-order valence-corrected chi connectivity index (χ3v) is 4.50. The Morgan fingerprint density at radius 1 is 1.24 bits per heavy atom. The van der Waals surface area contributed by atoms with E-state index >= 15 is 0 Å². The van der Waals surface area contributed by atoms with Crippen LogP contribution in [-0.2, 0) is 0 Å². The minimum Gasteiger partial charge on any atom is -0.393 e. The highest BCUT2D eigenvalue weighted by Gasteiger charge is 2.29. The molecule has 1 aliphatic rings. The van der Waals surface area contributed by atoms with E-state index in [2.05, 4.69) is 6.92 Å². The molecule has 2 aromatic carbocycles. The first-order valence-corrected chi connectivity index (χ1v) is 7.65. The lowest BCUT2D eigenvalue weighted by Crippen LogP contribution is -2.45. The number of aliphatic hydroxyl groups is 1. The Morgan fingerprint density at radius 2 is 2.00 bits per heavy atom. The molecule has 0 aliphatic carbocycles. The number of carbonyl (C=O) groups is 1. The number of benzene rings is 2. The molecular formula is C18H21NO2. The normalized spacial score (nSPS) is 22.5. The Hall–Kier alpha value is -1.87. The zero-order valence-corrected chi connectivity index (χ0v) is 12.3. The summed E-state index contributed by atoms with van der Waals surface area (Å²) >= 11 is 0. The molecule has 0 radical (unpaired) electrons. The molecule has 0 aromatic heterocycles. The molecule has 1 saturated heterocycles. The van der Waals surface area contributed by atoms with E-state index in [1.165, 1.54) is 0 Å². The van der Waals surface area contributed by atoms with Crippen LogP contribution in [0, 0.1) is 5.92 Å². The minimum atomic E-state index is -0.268. The van der Waals surface area contributed by atoms with Gasteiger partial charge in [-0.15, -0.1) is 0 Å². The molecule has 2 unspecified atom stereocenters. The smallest absolute Gasteiger partial charge is 0.253 e. The molecule has 110 valence electrons. The van der Waals surface area contributed by atoms with Crippen molar-refractivity contribution in [3.8, 4) is 0 Å². The number of hydrogen-bond donors (Lipinski definition) is 1. The van der Waals surface area contributed by atoms with Crippen molar-refractivity contribution in [3.63, 3.8) is 0 Å². The van der Waals surface area contributed by atoms with Crippen LogP contribution in [0.3, 0.4) is 0 Å². The van der Waals surface area contributed by atoms with Crippen LogP contribution in [0.2, 0.25) is 0 Å². The summed E-state index contributed by atoms with van der Waals surface area (Å²) in [5.41, 5.74) is 0.736. The largest absolute Gasteiger partial charge is 0.393 e. The first-order chi connectivity index (χ1) is 10.2. The van der Waals surface area contributed by atoms with Crippen molar-refractivity contribution in [1.82, 2.24) is 4.90 Å². The minimum absolute atomic E-state index is 0.0751. The fourth-order valence-electron chi connectivity index (χ4n) is 3.11. The molecule has 1 heterocycles. The third kappa shape index (κ3) is 2.79. The van der Waals surface area contributed by atoms with Gasteiger partial charge in [-0.1, -0.05) is 37.3 Å².